The number of hydrogen-bond acceptors (Lipinski definition) is 2. The van der Waals surface area contributed by atoms with Gasteiger partial charge in [-0.2, -0.15) is 26.3 Å². The lowest BCUT2D eigenvalue weighted by Gasteiger charge is -2.28. The Labute approximate surface area is 122 Å². The molecule has 0 N–H and O–H groups in total. The van der Waals surface area contributed by atoms with Crippen molar-refractivity contribution in [1.82, 2.24) is 0 Å². The standard InChI is InChI=1S/C12H5BrF6O2/c13-7-2-5-1-6(4-20)10(12(17,18)19)21-9(5)8(3-7)11(14,15)16/h1-4,10H/t10-/m0/s1. The Hall–Kier alpha value is -1.51. The maximum Gasteiger partial charge on any atom is 0.429 e. The zero-order valence-corrected chi connectivity index (χ0v) is 11.4. The third-order valence-electron chi connectivity index (χ3n) is 2.68. The van der Waals surface area contributed by atoms with E-state index in [1.165, 1.54) is 0 Å². The van der Waals surface area contributed by atoms with Gasteiger partial charge in [-0.15, -0.1) is 0 Å². The Morgan fingerprint density at radius 2 is 1.76 bits per heavy atom. The number of carbonyl (C=O) groups is 1. The molecular formula is C12H5BrF6O2. The molecule has 1 aliphatic heterocycles. The number of rotatable bonds is 1. The third kappa shape index (κ3) is 3.07. The molecule has 1 aromatic carbocycles. The molecule has 1 aliphatic rings. The Bertz CT molecular complexity index is 617. The predicted molar refractivity (Wildman–Crippen MR) is 63.7 cm³/mol. The summed E-state index contributed by atoms with van der Waals surface area (Å²) in [5.41, 5.74) is -2.39. The van der Waals surface area contributed by atoms with Gasteiger partial charge in [-0.1, -0.05) is 15.9 Å². The number of benzene rings is 1. The van der Waals surface area contributed by atoms with Crippen molar-refractivity contribution in [2.75, 3.05) is 0 Å². The molecule has 0 saturated heterocycles. The molecule has 1 aromatic rings. The summed E-state index contributed by atoms with van der Waals surface area (Å²) in [5.74, 6) is -0.946. The molecule has 0 aliphatic carbocycles. The van der Waals surface area contributed by atoms with Gasteiger partial charge in [-0.25, -0.2) is 0 Å². The minimum Gasteiger partial charge on any atom is -0.475 e. The first-order valence-electron chi connectivity index (χ1n) is 5.35. The number of ether oxygens (including phenoxy) is 1. The third-order valence-corrected chi connectivity index (χ3v) is 3.14. The molecule has 0 fully saturated rings. The fourth-order valence-corrected chi connectivity index (χ4v) is 2.33. The van der Waals surface area contributed by atoms with Gasteiger partial charge in [0.05, 0.1) is 5.56 Å². The van der Waals surface area contributed by atoms with Gasteiger partial charge in [0.15, 0.2) is 0 Å². The maximum atomic E-state index is 12.9. The Morgan fingerprint density at radius 3 is 2.24 bits per heavy atom. The second kappa shape index (κ2) is 5.04. The number of carbonyl (C=O) groups excluding carboxylic acids is 1. The van der Waals surface area contributed by atoms with Gasteiger partial charge in [-0.3, -0.25) is 4.79 Å². The van der Waals surface area contributed by atoms with Crippen molar-refractivity contribution in [3.63, 3.8) is 0 Å². The van der Waals surface area contributed by atoms with Crippen molar-refractivity contribution in [1.29, 1.82) is 0 Å². The number of alkyl halides is 6. The van der Waals surface area contributed by atoms with Crippen LogP contribution in [0.2, 0.25) is 0 Å². The van der Waals surface area contributed by atoms with Gasteiger partial charge in [-0.05, 0) is 18.2 Å². The van der Waals surface area contributed by atoms with E-state index in [0.717, 1.165) is 12.1 Å². The van der Waals surface area contributed by atoms with Gasteiger partial charge in [0.1, 0.15) is 12.0 Å². The van der Waals surface area contributed by atoms with Crippen LogP contribution in [0.25, 0.3) is 6.08 Å². The van der Waals surface area contributed by atoms with E-state index in [2.05, 4.69) is 20.7 Å². The van der Waals surface area contributed by atoms with E-state index in [4.69, 9.17) is 0 Å². The summed E-state index contributed by atoms with van der Waals surface area (Å²) in [5, 5.41) is 0. The van der Waals surface area contributed by atoms with Crippen LogP contribution < -0.4 is 4.74 Å². The van der Waals surface area contributed by atoms with Crippen LogP contribution in [0.3, 0.4) is 0 Å². The molecule has 0 aromatic heterocycles. The average molecular weight is 375 g/mol. The lowest BCUT2D eigenvalue weighted by molar-refractivity contribution is -0.186. The van der Waals surface area contributed by atoms with Crippen LogP contribution >= 0.6 is 15.9 Å². The molecule has 2 rings (SSSR count). The fraction of sp³-hybridized carbons (Fsp3) is 0.250. The van der Waals surface area contributed by atoms with Crippen LogP contribution in [0.1, 0.15) is 11.1 Å². The number of fused-ring (bicyclic) bond motifs is 1. The summed E-state index contributed by atoms with van der Waals surface area (Å²) in [7, 11) is 0. The van der Waals surface area contributed by atoms with Crippen molar-refractivity contribution < 1.29 is 35.9 Å². The first-order valence-corrected chi connectivity index (χ1v) is 6.14. The highest BCUT2D eigenvalue weighted by atomic mass is 79.9. The van der Waals surface area contributed by atoms with E-state index >= 15 is 0 Å². The Kier molecular flexibility index (Phi) is 3.81. The van der Waals surface area contributed by atoms with Crippen molar-refractivity contribution in [3.05, 3.63) is 33.3 Å². The van der Waals surface area contributed by atoms with Gasteiger partial charge >= 0.3 is 12.4 Å². The second-order valence-electron chi connectivity index (χ2n) is 4.17. The van der Waals surface area contributed by atoms with E-state index in [-0.39, 0.29) is 16.3 Å². The normalized spacial score (nSPS) is 18.6. The van der Waals surface area contributed by atoms with Gasteiger partial charge in [0.2, 0.25) is 6.10 Å². The smallest absolute Gasteiger partial charge is 0.429 e. The zero-order chi connectivity index (χ0) is 16.0. The number of halogens is 7. The SMILES string of the molecule is O=CC1=Cc2cc(Br)cc(C(F)(F)F)c2O[C@@H]1C(F)(F)F. The first-order chi connectivity index (χ1) is 9.54. The quantitative estimate of drug-likeness (QED) is 0.538. The van der Waals surface area contributed by atoms with E-state index in [9.17, 15) is 31.1 Å². The Balaban J connectivity index is 2.67. The van der Waals surface area contributed by atoms with Crippen molar-refractivity contribution in [2.24, 2.45) is 0 Å². The summed E-state index contributed by atoms with van der Waals surface area (Å²) in [6.07, 6.45) is -12.0. The summed E-state index contributed by atoms with van der Waals surface area (Å²) < 4.78 is 81.4. The highest BCUT2D eigenvalue weighted by Crippen LogP contribution is 2.45. The monoisotopic (exact) mass is 374 g/mol. The minimum atomic E-state index is -5.00. The van der Waals surface area contributed by atoms with Crippen LogP contribution in [-0.2, 0) is 11.0 Å². The molecule has 21 heavy (non-hydrogen) atoms. The van der Waals surface area contributed by atoms with Crippen molar-refractivity contribution >= 4 is 28.3 Å². The molecule has 1 atom stereocenters. The molecular weight excluding hydrogens is 370 g/mol. The molecule has 1 heterocycles. The van der Waals surface area contributed by atoms with Crippen LogP contribution in [0.5, 0.6) is 5.75 Å². The summed E-state index contributed by atoms with van der Waals surface area (Å²) >= 11 is 2.83. The van der Waals surface area contributed by atoms with Gasteiger partial charge in [0.25, 0.3) is 0 Å². The average Bonchev–Trinajstić information content (AvgIpc) is 2.33. The van der Waals surface area contributed by atoms with E-state index in [1.807, 2.05) is 0 Å². The molecule has 0 spiro atoms. The van der Waals surface area contributed by atoms with Crippen LogP contribution in [0, 0.1) is 0 Å². The molecule has 0 radical (unpaired) electrons. The van der Waals surface area contributed by atoms with Crippen LogP contribution in [0.4, 0.5) is 26.3 Å². The maximum absolute atomic E-state index is 12.9. The molecule has 0 amide bonds. The fourth-order valence-electron chi connectivity index (χ4n) is 1.86. The summed E-state index contributed by atoms with van der Waals surface area (Å²) in [6.45, 7) is 0. The Morgan fingerprint density at radius 1 is 1.14 bits per heavy atom. The molecule has 9 heteroatoms. The number of hydrogen-bond donors (Lipinski definition) is 0. The lowest BCUT2D eigenvalue weighted by atomic mass is 9.99. The van der Waals surface area contributed by atoms with Crippen LogP contribution in [0.15, 0.2) is 22.2 Å². The van der Waals surface area contributed by atoms with Crippen LogP contribution in [-0.4, -0.2) is 18.6 Å². The topological polar surface area (TPSA) is 26.3 Å². The largest absolute Gasteiger partial charge is 0.475 e. The molecule has 114 valence electrons. The summed E-state index contributed by atoms with van der Waals surface area (Å²) in [6, 6.07) is 1.76. The van der Waals surface area contributed by atoms with E-state index in [1.54, 1.807) is 0 Å². The molecule has 2 nitrogen and oxygen atoms in total. The highest BCUT2D eigenvalue weighted by Gasteiger charge is 2.48. The summed E-state index contributed by atoms with van der Waals surface area (Å²) in [4.78, 5) is 10.7. The minimum absolute atomic E-state index is 0.00383. The zero-order valence-electron chi connectivity index (χ0n) is 9.85. The van der Waals surface area contributed by atoms with Crippen molar-refractivity contribution in [2.45, 2.75) is 18.5 Å². The number of aldehydes is 1. The van der Waals surface area contributed by atoms with Gasteiger partial charge in [0, 0.05) is 15.6 Å². The highest BCUT2D eigenvalue weighted by molar-refractivity contribution is 9.10. The van der Waals surface area contributed by atoms with E-state index in [0.29, 0.717) is 6.07 Å². The molecule has 0 bridgehead atoms. The van der Waals surface area contributed by atoms with Gasteiger partial charge < -0.3 is 4.74 Å². The molecule has 0 unspecified atom stereocenters. The molecule has 0 saturated carbocycles. The lowest BCUT2D eigenvalue weighted by Crippen LogP contribution is -2.39. The first kappa shape index (κ1) is 15.9. The second-order valence-corrected chi connectivity index (χ2v) is 5.09. The van der Waals surface area contributed by atoms with Crippen molar-refractivity contribution in [3.8, 4) is 5.75 Å². The predicted octanol–water partition coefficient (Wildman–Crippen LogP) is 4.37. The van der Waals surface area contributed by atoms with E-state index < -0.39 is 35.3 Å².